The van der Waals surface area contributed by atoms with Gasteiger partial charge in [0.25, 0.3) is 5.91 Å². The van der Waals surface area contributed by atoms with E-state index >= 15 is 0 Å². The summed E-state index contributed by atoms with van der Waals surface area (Å²) in [5.41, 5.74) is 1.78. The summed E-state index contributed by atoms with van der Waals surface area (Å²) in [7, 11) is 0. The Hall–Kier alpha value is -1.88. The number of rotatable bonds is 6. The van der Waals surface area contributed by atoms with Gasteiger partial charge in [-0.1, -0.05) is 17.7 Å². The van der Waals surface area contributed by atoms with Gasteiger partial charge >= 0.3 is 5.97 Å². The van der Waals surface area contributed by atoms with Gasteiger partial charge in [-0.3, -0.25) is 4.79 Å². The second kappa shape index (κ2) is 7.53. The van der Waals surface area contributed by atoms with Gasteiger partial charge in [0, 0.05) is 12.3 Å². The number of carbonyl (C=O) groups excluding carboxylic acids is 2. The largest absolute Gasteiger partial charge is 0.451 e. The lowest BCUT2D eigenvalue weighted by Gasteiger charge is -2.13. The van der Waals surface area contributed by atoms with Gasteiger partial charge in [-0.05, 0) is 32.9 Å². The zero-order chi connectivity index (χ0) is 14.3. The molecule has 19 heavy (non-hydrogen) atoms. The second-order valence-electron chi connectivity index (χ2n) is 4.12. The lowest BCUT2D eigenvalue weighted by Crippen LogP contribution is -2.31. The van der Waals surface area contributed by atoms with Crippen molar-refractivity contribution in [2.45, 2.75) is 26.9 Å². The van der Waals surface area contributed by atoms with E-state index in [1.165, 1.54) is 6.92 Å². The number of aryl methyl sites for hydroxylation is 1. The molecule has 1 N–H and O–H groups in total. The molecule has 0 aliphatic heterocycles. The Balaban J connectivity index is 2.44. The third-order valence-corrected chi connectivity index (χ3v) is 2.42. The first-order chi connectivity index (χ1) is 9.02. The third kappa shape index (κ3) is 5.52. The molecular formula is C14H19NO4. The van der Waals surface area contributed by atoms with Crippen LogP contribution in [-0.4, -0.2) is 31.2 Å². The van der Waals surface area contributed by atoms with E-state index in [-0.39, 0.29) is 12.5 Å². The molecule has 1 unspecified atom stereocenters. The van der Waals surface area contributed by atoms with E-state index in [0.29, 0.717) is 12.3 Å². The van der Waals surface area contributed by atoms with Crippen LogP contribution in [0.4, 0.5) is 5.69 Å². The van der Waals surface area contributed by atoms with Crippen molar-refractivity contribution in [2.24, 2.45) is 0 Å². The summed E-state index contributed by atoms with van der Waals surface area (Å²) in [5.74, 6) is -0.915. The van der Waals surface area contributed by atoms with Crippen LogP contribution in [0, 0.1) is 6.92 Å². The summed E-state index contributed by atoms with van der Waals surface area (Å²) in [6.07, 6.45) is -0.853. The van der Waals surface area contributed by atoms with Gasteiger partial charge < -0.3 is 14.8 Å². The lowest BCUT2D eigenvalue weighted by molar-refractivity contribution is -0.157. The molecule has 104 valence electrons. The summed E-state index contributed by atoms with van der Waals surface area (Å²) < 4.78 is 9.84. The second-order valence-corrected chi connectivity index (χ2v) is 4.12. The topological polar surface area (TPSA) is 64.6 Å². The van der Waals surface area contributed by atoms with Crippen LogP contribution in [0.15, 0.2) is 24.3 Å². The van der Waals surface area contributed by atoms with Gasteiger partial charge in [-0.25, -0.2) is 4.79 Å². The molecule has 0 aliphatic rings. The summed E-state index contributed by atoms with van der Waals surface area (Å²) in [5, 5.41) is 2.67. The molecule has 0 saturated carbocycles. The first-order valence-corrected chi connectivity index (χ1v) is 6.17. The van der Waals surface area contributed by atoms with Crippen LogP contribution in [0.1, 0.15) is 19.4 Å². The number of hydrogen-bond donors (Lipinski definition) is 1. The first kappa shape index (κ1) is 15.2. The van der Waals surface area contributed by atoms with Crippen molar-refractivity contribution in [1.29, 1.82) is 0 Å². The molecule has 1 amide bonds. The van der Waals surface area contributed by atoms with Gasteiger partial charge in [-0.2, -0.15) is 0 Å². The quantitative estimate of drug-likeness (QED) is 0.798. The van der Waals surface area contributed by atoms with Crippen LogP contribution in [0.5, 0.6) is 0 Å². The van der Waals surface area contributed by atoms with Gasteiger partial charge in [0.1, 0.15) is 6.61 Å². The van der Waals surface area contributed by atoms with Gasteiger partial charge in [0.2, 0.25) is 0 Å². The fraction of sp³-hybridized carbons (Fsp3) is 0.429. The summed E-state index contributed by atoms with van der Waals surface area (Å²) in [6.45, 7) is 5.55. The minimum atomic E-state index is -0.853. The van der Waals surface area contributed by atoms with Gasteiger partial charge in [0.05, 0.1) is 0 Å². The lowest BCUT2D eigenvalue weighted by atomic mass is 10.2. The highest BCUT2D eigenvalue weighted by Crippen LogP contribution is 2.09. The molecule has 0 spiro atoms. The number of amides is 1. The van der Waals surface area contributed by atoms with E-state index < -0.39 is 12.1 Å². The Labute approximate surface area is 112 Å². The summed E-state index contributed by atoms with van der Waals surface area (Å²) in [6, 6.07) is 7.37. The molecule has 0 bridgehead atoms. The van der Waals surface area contributed by atoms with E-state index in [9.17, 15) is 9.59 Å². The molecule has 0 radical (unpaired) electrons. The molecule has 0 saturated heterocycles. The maximum atomic E-state index is 11.8. The van der Waals surface area contributed by atoms with E-state index in [1.54, 1.807) is 19.1 Å². The molecule has 0 aliphatic carbocycles. The van der Waals surface area contributed by atoms with Crippen molar-refractivity contribution in [3.05, 3.63) is 29.8 Å². The van der Waals surface area contributed by atoms with E-state index in [2.05, 4.69) is 5.32 Å². The maximum Gasteiger partial charge on any atom is 0.332 e. The number of benzene rings is 1. The van der Waals surface area contributed by atoms with Crippen molar-refractivity contribution in [3.63, 3.8) is 0 Å². The van der Waals surface area contributed by atoms with Crippen LogP contribution in [0.3, 0.4) is 0 Å². The molecule has 1 aromatic carbocycles. The van der Waals surface area contributed by atoms with Crippen LogP contribution in [-0.2, 0) is 19.1 Å². The first-order valence-electron chi connectivity index (χ1n) is 6.17. The summed E-state index contributed by atoms with van der Waals surface area (Å²) in [4.78, 5) is 23.1. The standard InChI is InChI=1S/C14H19NO4/c1-4-18-9-13(16)19-11(3)14(17)15-12-7-5-10(2)6-8-12/h5-8,11H,4,9H2,1-3H3,(H,15,17). The third-order valence-electron chi connectivity index (χ3n) is 2.42. The van der Waals surface area contributed by atoms with E-state index in [1.807, 2.05) is 19.1 Å². The van der Waals surface area contributed by atoms with Crippen molar-refractivity contribution in [1.82, 2.24) is 0 Å². The fourth-order valence-electron chi connectivity index (χ4n) is 1.35. The molecule has 1 aromatic rings. The predicted octanol–water partition coefficient (Wildman–Crippen LogP) is 1.90. The number of esters is 1. The predicted molar refractivity (Wildman–Crippen MR) is 71.9 cm³/mol. The Morgan fingerprint density at radius 2 is 1.89 bits per heavy atom. The molecule has 5 heteroatoms. The Bertz CT molecular complexity index is 428. The van der Waals surface area contributed by atoms with Crippen molar-refractivity contribution in [2.75, 3.05) is 18.5 Å². The normalized spacial score (nSPS) is 11.7. The van der Waals surface area contributed by atoms with Crippen molar-refractivity contribution >= 4 is 17.6 Å². The van der Waals surface area contributed by atoms with Crippen LogP contribution in [0.25, 0.3) is 0 Å². The Kier molecular flexibility index (Phi) is 6.02. The Morgan fingerprint density at radius 1 is 1.26 bits per heavy atom. The molecule has 0 aromatic heterocycles. The highest BCUT2D eigenvalue weighted by Gasteiger charge is 2.17. The molecule has 0 heterocycles. The molecule has 1 rings (SSSR count). The monoisotopic (exact) mass is 265 g/mol. The van der Waals surface area contributed by atoms with Crippen LogP contribution in [0.2, 0.25) is 0 Å². The molecular weight excluding hydrogens is 246 g/mol. The van der Waals surface area contributed by atoms with Gasteiger partial charge in [-0.15, -0.1) is 0 Å². The number of carbonyl (C=O) groups is 2. The minimum absolute atomic E-state index is 0.140. The number of anilines is 1. The molecule has 0 fully saturated rings. The van der Waals surface area contributed by atoms with Gasteiger partial charge in [0.15, 0.2) is 6.10 Å². The van der Waals surface area contributed by atoms with Crippen LogP contribution >= 0.6 is 0 Å². The zero-order valence-corrected chi connectivity index (χ0v) is 11.4. The SMILES string of the molecule is CCOCC(=O)OC(C)C(=O)Nc1ccc(C)cc1. The fourth-order valence-corrected chi connectivity index (χ4v) is 1.35. The number of ether oxygens (including phenoxy) is 2. The average molecular weight is 265 g/mol. The highest BCUT2D eigenvalue weighted by molar-refractivity contribution is 5.95. The van der Waals surface area contributed by atoms with Crippen LogP contribution < -0.4 is 5.32 Å². The smallest absolute Gasteiger partial charge is 0.332 e. The van der Waals surface area contributed by atoms with E-state index in [4.69, 9.17) is 9.47 Å². The Morgan fingerprint density at radius 3 is 2.47 bits per heavy atom. The van der Waals surface area contributed by atoms with E-state index in [0.717, 1.165) is 5.56 Å². The number of nitrogens with one attached hydrogen (secondary N) is 1. The molecule has 1 atom stereocenters. The van der Waals surface area contributed by atoms with Crippen molar-refractivity contribution < 1.29 is 19.1 Å². The van der Waals surface area contributed by atoms with Crippen molar-refractivity contribution in [3.8, 4) is 0 Å². The average Bonchev–Trinajstić information content (AvgIpc) is 2.39. The maximum absolute atomic E-state index is 11.8. The minimum Gasteiger partial charge on any atom is -0.451 e. The highest BCUT2D eigenvalue weighted by atomic mass is 16.6. The summed E-state index contributed by atoms with van der Waals surface area (Å²) >= 11 is 0. The zero-order valence-electron chi connectivity index (χ0n) is 11.4. The molecule has 5 nitrogen and oxygen atoms in total. The number of hydrogen-bond acceptors (Lipinski definition) is 4.